The van der Waals surface area contributed by atoms with Crippen LogP contribution in [0.2, 0.25) is 0 Å². The number of benzene rings is 3. The number of morpholine rings is 1. The predicted molar refractivity (Wildman–Crippen MR) is 141 cm³/mol. The highest BCUT2D eigenvalue weighted by Gasteiger charge is 2.28. The molecule has 3 aromatic rings. The molecule has 0 unspecified atom stereocenters. The van der Waals surface area contributed by atoms with Crippen molar-refractivity contribution in [3.63, 3.8) is 0 Å². The number of carbonyl (C=O) groups is 1. The van der Waals surface area contributed by atoms with Gasteiger partial charge >= 0.3 is 0 Å². The van der Waals surface area contributed by atoms with Crippen molar-refractivity contribution >= 4 is 21.6 Å². The van der Waals surface area contributed by atoms with Gasteiger partial charge in [-0.1, -0.05) is 54.6 Å². The van der Waals surface area contributed by atoms with Gasteiger partial charge < -0.3 is 10.1 Å². The fraction of sp³-hybridized carbons (Fsp3) is 0.321. The quantitative estimate of drug-likeness (QED) is 0.478. The molecule has 4 rings (SSSR count). The Balaban J connectivity index is 1.49. The van der Waals surface area contributed by atoms with Crippen LogP contribution in [0.3, 0.4) is 0 Å². The van der Waals surface area contributed by atoms with Gasteiger partial charge in [0.25, 0.3) is 10.0 Å². The Kier molecular flexibility index (Phi) is 8.40. The van der Waals surface area contributed by atoms with Gasteiger partial charge in [-0.05, 0) is 54.3 Å². The molecule has 1 aliphatic rings. The lowest BCUT2D eigenvalue weighted by molar-refractivity contribution is -0.119. The van der Waals surface area contributed by atoms with Gasteiger partial charge in [-0.2, -0.15) is 0 Å². The van der Waals surface area contributed by atoms with Crippen LogP contribution in [0.15, 0.2) is 77.7 Å². The Morgan fingerprint density at radius 2 is 1.67 bits per heavy atom. The molecule has 0 aromatic heterocycles. The first-order valence-corrected chi connectivity index (χ1v) is 13.6. The maximum absolute atomic E-state index is 13.6. The minimum absolute atomic E-state index is 0.148. The highest BCUT2D eigenvalue weighted by molar-refractivity contribution is 7.92. The second kappa shape index (κ2) is 11.7. The van der Waals surface area contributed by atoms with Gasteiger partial charge in [0.15, 0.2) is 0 Å². The van der Waals surface area contributed by atoms with Crippen LogP contribution in [0, 0.1) is 13.8 Å². The average molecular weight is 508 g/mol. The fourth-order valence-electron chi connectivity index (χ4n) is 4.25. The zero-order valence-electron chi connectivity index (χ0n) is 20.8. The fourth-order valence-corrected chi connectivity index (χ4v) is 5.75. The summed E-state index contributed by atoms with van der Waals surface area (Å²) in [6.45, 7) is 7.91. The van der Waals surface area contributed by atoms with Crippen LogP contribution in [0.25, 0.3) is 0 Å². The highest BCUT2D eigenvalue weighted by Crippen LogP contribution is 2.27. The van der Waals surface area contributed by atoms with E-state index < -0.39 is 10.0 Å². The van der Waals surface area contributed by atoms with Crippen molar-refractivity contribution in [2.75, 3.05) is 37.2 Å². The molecule has 3 aromatic carbocycles. The van der Waals surface area contributed by atoms with Crippen molar-refractivity contribution < 1.29 is 17.9 Å². The molecule has 0 atom stereocenters. The first-order valence-electron chi connectivity index (χ1n) is 12.1. The number of nitrogens with one attached hydrogen (secondary N) is 1. The number of carbonyl (C=O) groups excluding carboxylic acids is 1. The summed E-state index contributed by atoms with van der Waals surface area (Å²) in [6.07, 6.45) is 0. The smallest absolute Gasteiger partial charge is 0.264 e. The van der Waals surface area contributed by atoms with Crippen molar-refractivity contribution in [3.8, 4) is 0 Å². The van der Waals surface area contributed by atoms with Gasteiger partial charge in [-0.15, -0.1) is 0 Å². The lowest BCUT2D eigenvalue weighted by atomic mass is 10.1. The van der Waals surface area contributed by atoms with Crippen LogP contribution in [0.4, 0.5) is 5.69 Å². The van der Waals surface area contributed by atoms with Crippen molar-refractivity contribution in [3.05, 3.63) is 95.1 Å². The molecule has 1 aliphatic heterocycles. The molecule has 0 radical (unpaired) electrons. The zero-order valence-corrected chi connectivity index (χ0v) is 21.6. The monoisotopic (exact) mass is 507 g/mol. The molecule has 0 bridgehead atoms. The number of aryl methyl sites for hydroxylation is 2. The first kappa shape index (κ1) is 25.9. The van der Waals surface area contributed by atoms with Gasteiger partial charge in [-0.25, -0.2) is 8.42 Å². The Hall–Kier alpha value is -3.20. The SMILES string of the molecule is Cc1ccc(C)c(N(CC(=O)NCc2cccc(CN3CCOCC3)c2)S(=O)(=O)c2ccccc2)c1. The molecular weight excluding hydrogens is 474 g/mol. The van der Waals surface area contributed by atoms with E-state index in [0.717, 1.165) is 49.5 Å². The van der Waals surface area contributed by atoms with E-state index in [2.05, 4.69) is 22.3 Å². The topological polar surface area (TPSA) is 79.0 Å². The molecule has 1 amide bonds. The second-order valence-corrected chi connectivity index (χ2v) is 11.0. The van der Waals surface area contributed by atoms with E-state index in [1.54, 1.807) is 36.4 Å². The molecule has 8 heteroatoms. The van der Waals surface area contributed by atoms with Gasteiger partial charge in [0.05, 0.1) is 23.8 Å². The van der Waals surface area contributed by atoms with Crippen LogP contribution in [-0.4, -0.2) is 52.1 Å². The minimum atomic E-state index is -3.94. The summed E-state index contributed by atoms with van der Waals surface area (Å²) in [5.41, 5.74) is 4.34. The van der Waals surface area contributed by atoms with Gasteiger partial charge in [0.1, 0.15) is 6.54 Å². The van der Waals surface area contributed by atoms with Crippen molar-refractivity contribution in [2.24, 2.45) is 0 Å². The van der Waals surface area contributed by atoms with Crippen LogP contribution >= 0.6 is 0 Å². The van der Waals surface area contributed by atoms with Crippen LogP contribution in [0.1, 0.15) is 22.3 Å². The van der Waals surface area contributed by atoms with E-state index in [1.165, 1.54) is 9.87 Å². The second-order valence-electron chi connectivity index (χ2n) is 9.10. The summed E-state index contributed by atoms with van der Waals surface area (Å²) in [6, 6.07) is 21.9. The lowest BCUT2D eigenvalue weighted by Gasteiger charge is -2.27. The third-order valence-corrected chi connectivity index (χ3v) is 8.02. The van der Waals surface area contributed by atoms with Crippen LogP contribution in [0.5, 0.6) is 0 Å². The number of ether oxygens (including phenoxy) is 1. The number of anilines is 1. The number of hydrogen-bond acceptors (Lipinski definition) is 5. The summed E-state index contributed by atoms with van der Waals surface area (Å²) in [5, 5.41) is 2.91. The molecule has 1 fully saturated rings. The molecular formula is C28H33N3O4S. The molecule has 7 nitrogen and oxygen atoms in total. The highest BCUT2D eigenvalue weighted by atomic mass is 32.2. The molecule has 1 heterocycles. The summed E-state index contributed by atoms with van der Waals surface area (Å²) in [4.78, 5) is 15.5. The Morgan fingerprint density at radius 1 is 0.944 bits per heavy atom. The first-order chi connectivity index (χ1) is 17.3. The van der Waals surface area contributed by atoms with Gasteiger partial charge in [0, 0.05) is 26.2 Å². The van der Waals surface area contributed by atoms with E-state index in [4.69, 9.17) is 4.74 Å². The third kappa shape index (κ3) is 6.51. The largest absolute Gasteiger partial charge is 0.379 e. The summed E-state index contributed by atoms with van der Waals surface area (Å²) in [7, 11) is -3.94. The molecule has 190 valence electrons. The Labute approximate surface area is 213 Å². The molecule has 0 spiro atoms. The summed E-state index contributed by atoms with van der Waals surface area (Å²) >= 11 is 0. The number of rotatable bonds is 9. The normalized spacial score (nSPS) is 14.4. The number of nitrogens with zero attached hydrogens (tertiary/aromatic N) is 2. The van der Waals surface area contributed by atoms with Crippen molar-refractivity contribution in [1.82, 2.24) is 10.2 Å². The Morgan fingerprint density at radius 3 is 2.42 bits per heavy atom. The van der Waals surface area contributed by atoms with Crippen molar-refractivity contribution in [1.29, 1.82) is 0 Å². The molecule has 0 saturated carbocycles. The van der Waals surface area contributed by atoms with E-state index >= 15 is 0 Å². The number of sulfonamides is 1. The van der Waals surface area contributed by atoms with E-state index in [9.17, 15) is 13.2 Å². The molecule has 36 heavy (non-hydrogen) atoms. The summed E-state index contributed by atoms with van der Waals surface area (Å²) < 4.78 is 33.8. The standard InChI is InChI=1S/C28H33N3O4S/c1-22-11-12-23(2)27(17-22)31(36(33,34)26-9-4-3-5-10-26)21-28(32)29-19-24-7-6-8-25(18-24)20-30-13-15-35-16-14-30/h3-12,17-18H,13-16,19-21H2,1-2H3,(H,29,32). The molecule has 1 N–H and O–H groups in total. The van der Waals surface area contributed by atoms with Crippen LogP contribution < -0.4 is 9.62 Å². The molecule has 1 saturated heterocycles. The minimum Gasteiger partial charge on any atom is -0.379 e. The van der Waals surface area contributed by atoms with E-state index in [0.29, 0.717) is 12.2 Å². The lowest BCUT2D eigenvalue weighted by Crippen LogP contribution is -2.41. The van der Waals surface area contributed by atoms with E-state index in [1.807, 2.05) is 38.1 Å². The zero-order chi connectivity index (χ0) is 25.5. The van der Waals surface area contributed by atoms with Gasteiger partial charge in [-0.3, -0.25) is 14.0 Å². The molecule has 0 aliphatic carbocycles. The predicted octanol–water partition coefficient (Wildman–Crippen LogP) is 3.65. The maximum Gasteiger partial charge on any atom is 0.264 e. The average Bonchev–Trinajstić information content (AvgIpc) is 2.89. The van der Waals surface area contributed by atoms with Crippen LogP contribution in [-0.2, 0) is 32.6 Å². The van der Waals surface area contributed by atoms with Crippen molar-refractivity contribution in [2.45, 2.75) is 31.8 Å². The Bertz CT molecular complexity index is 1290. The number of hydrogen-bond donors (Lipinski definition) is 1. The number of amides is 1. The summed E-state index contributed by atoms with van der Waals surface area (Å²) in [5.74, 6) is -0.367. The van der Waals surface area contributed by atoms with E-state index in [-0.39, 0.29) is 17.3 Å². The maximum atomic E-state index is 13.6. The van der Waals surface area contributed by atoms with Gasteiger partial charge in [0.2, 0.25) is 5.91 Å². The third-order valence-electron chi connectivity index (χ3n) is 6.24.